The summed E-state index contributed by atoms with van der Waals surface area (Å²) in [5, 5.41) is 5.85. The largest absolute Gasteiger partial charge is 0.453 e. The van der Waals surface area contributed by atoms with E-state index in [0.29, 0.717) is 28.1 Å². The number of aromatic nitrogens is 2. The molecule has 0 fully saturated rings. The molecule has 146 valence electrons. The summed E-state index contributed by atoms with van der Waals surface area (Å²) in [5.74, 6) is 0.818. The molecule has 0 aliphatic carbocycles. The molecular weight excluding hydrogens is 510 g/mol. The number of hydrogen-bond acceptors (Lipinski definition) is 4. The van der Waals surface area contributed by atoms with Gasteiger partial charge in [0.15, 0.2) is 5.76 Å². The van der Waals surface area contributed by atoms with Crippen LogP contribution in [0.25, 0.3) is 33.5 Å². The third-order valence-corrected chi connectivity index (χ3v) is 5.67. The van der Waals surface area contributed by atoms with Crippen molar-refractivity contribution < 1.29 is 4.42 Å². The molecule has 0 saturated carbocycles. The molecule has 0 aliphatic heterocycles. The van der Waals surface area contributed by atoms with Crippen LogP contribution in [-0.4, -0.2) is 15.9 Å². The monoisotopic (exact) mass is 521 g/mol. The molecule has 5 rings (SSSR count). The topological polar surface area (TPSA) is 60.4 Å². The summed E-state index contributed by atoms with van der Waals surface area (Å²) in [5.41, 5.74) is 1.90. The fourth-order valence-corrected chi connectivity index (χ4v) is 3.83. The smallest absolute Gasteiger partial charge is 0.282 e. The number of furan rings is 1. The zero-order valence-corrected chi connectivity index (χ0v) is 18.6. The summed E-state index contributed by atoms with van der Waals surface area (Å²) < 4.78 is 9.20. The van der Waals surface area contributed by atoms with Crippen molar-refractivity contribution in [3.8, 4) is 11.6 Å². The first kappa shape index (κ1) is 19.0. The van der Waals surface area contributed by atoms with Gasteiger partial charge in [-0.1, -0.05) is 56.1 Å². The lowest BCUT2D eigenvalue weighted by molar-refractivity contribution is 0.616. The Morgan fingerprint density at radius 2 is 1.70 bits per heavy atom. The van der Waals surface area contributed by atoms with Crippen molar-refractivity contribution in [2.24, 2.45) is 5.10 Å². The highest BCUT2D eigenvalue weighted by Crippen LogP contribution is 2.29. The number of rotatable bonds is 3. The van der Waals surface area contributed by atoms with Crippen LogP contribution in [0.15, 0.2) is 96.1 Å². The minimum Gasteiger partial charge on any atom is -0.453 e. The molecule has 0 radical (unpaired) electrons. The predicted molar refractivity (Wildman–Crippen MR) is 126 cm³/mol. The van der Waals surface area contributed by atoms with E-state index in [0.717, 1.165) is 19.9 Å². The van der Waals surface area contributed by atoms with E-state index in [4.69, 9.17) is 4.42 Å². The molecule has 0 atom stereocenters. The van der Waals surface area contributed by atoms with Crippen molar-refractivity contribution in [3.05, 3.63) is 97.7 Å². The first-order valence-corrected chi connectivity index (χ1v) is 10.7. The van der Waals surface area contributed by atoms with Gasteiger partial charge in [-0.15, -0.1) is 0 Å². The van der Waals surface area contributed by atoms with Crippen LogP contribution in [0.2, 0.25) is 0 Å². The summed E-state index contributed by atoms with van der Waals surface area (Å²) in [6.45, 7) is 0. The van der Waals surface area contributed by atoms with Crippen LogP contribution >= 0.6 is 31.9 Å². The highest BCUT2D eigenvalue weighted by Gasteiger charge is 2.16. The number of benzene rings is 3. The van der Waals surface area contributed by atoms with E-state index in [-0.39, 0.29) is 5.56 Å². The minimum atomic E-state index is -0.259. The van der Waals surface area contributed by atoms with Gasteiger partial charge in [-0.2, -0.15) is 9.78 Å². The molecule has 2 aromatic heterocycles. The number of nitrogens with zero attached hydrogens (tertiary/aromatic N) is 3. The lowest BCUT2D eigenvalue weighted by Crippen LogP contribution is -2.20. The molecule has 0 aliphatic rings. The van der Waals surface area contributed by atoms with Gasteiger partial charge in [0.1, 0.15) is 5.58 Å². The average Bonchev–Trinajstić information content (AvgIpc) is 3.17. The predicted octanol–water partition coefficient (Wildman–Crippen LogP) is 6.22. The Morgan fingerprint density at radius 1 is 0.933 bits per heavy atom. The van der Waals surface area contributed by atoms with Gasteiger partial charge in [-0.3, -0.25) is 4.79 Å². The molecule has 5 nitrogen and oxygen atoms in total. The molecule has 0 spiro atoms. The summed E-state index contributed by atoms with van der Waals surface area (Å²) in [6, 6.07) is 22.5. The van der Waals surface area contributed by atoms with E-state index in [1.54, 1.807) is 12.3 Å². The SMILES string of the molecule is O=c1c2ccccc2nc(-c2cc3cc(Br)ccc3o2)n1N=Cc1ccc(Br)cc1. The fourth-order valence-electron chi connectivity index (χ4n) is 3.19. The highest BCUT2D eigenvalue weighted by molar-refractivity contribution is 9.10. The van der Waals surface area contributed by atoms with Gasteiger partial charge >= 0.3 is 0 Å². The Morgan fingerprint density at radius 3 is 2.53 bits per heavy atom. The van der Waals surface area contributed by atoms with Crippen LogP contribution in [0.3, 0.4) is 0 Å². The van der Waals surface area contributed by atoms with Gasteiger partial charge in [-0.25, -0.2) is 4.98 Å². The quantitative estimate of drug-likeness (QED) is 0.264. The molecule has 7 heteroatoms. The first-order chi connectivity index (χ1) is 14.6. The minimum absolute atomic E-state index is 0.259. The molecule has 30 heavy (non-hydrogen) atoms. The zero-order chi connectivity index (χ0) is 20.7. The van der Waals surface area contributed by atoms with Crippen LogP contribution in [0, 0.1) is 0 Å². The van der Waals surface area contributed by atoms with Gasteiger partial charge in [0.05, 0.1) is 17.1 Å². The first-order valence-electron chi connectivity index (χ1n) is 9.10. The summed E-state index contributed by atoms with van der Waals surface area (Å²) >= 11 is 6.89. The van der Waals surface area contributed by atoms with Crippen LogP contribution in [-0.2, 0) is 0 Å². The van der Waals surface area contributed by atoms with Gasteiger partial charge in [-0.05, 0) is 54.1 Å². The molecule has 2 heterocycles. The Bertz CT molecular complexity index is 1480. The third-order valence-electron chi connectivity index (χ3n) is 4.64. The van der Waals surface area contributed by atoms with E-state index in [2.05, 4.69) is 41.9 Å². The summed E-state index contributed by atoms with van der Waals surface area (Å²) in [7, 11) is 0. The molecule has 5 aromatic rings. The second-order valence-electron chi connectivity index (χ2n) is 6.66. The van der Waals surface area contributed by atoms with E-state index in [1.165, 1.54) is 4.68 Å². The molecule has 3 aromatic carbocycles. The molecule has 0 unspecified atom stereocenters. The maximum absolute atomic E-state index is 13.2. The van der Waals surface area contributed by atoms with Crippen molar-refractivity contribution in [2.75, 3.05) is 0 Å². The number of para-hydroxylation sites is 1. The Hall–Kier alpha value is -3.03. The number of halogens is 2. The van der Waals surface area contributed by atoms with E-state index in [9.17, 15) is 4.79 Å². The molecule has 0 amide bonds. The Kier molecular flexibility index (Phi) is 4.84. The van der Waals surface area contributed by atoms with Crippen LogP contribution in [0.4, 0.5) is 0 Å². The molecule has 0 N–H and O–H groups in total. The molecule has 0 bridgehead atoms. The van der Waals surface area contributed by atoms with Gasteiger partial charge in [0.2, 0.25) is 5.82 Å². The van der Waals surface area contributed by atoms with Gasteiger partial charge in [0, 0.05) is 14.3 Å². The summed E-state index contributed by atoms with van der Waals surface area (Å²) in [6.07, 6.45) is 1.63. The lowest BCUT2D eigenvalue weighted by atomic mass is 10.2. The standard InChI is InChI=1S/C23H13Br2N3O2/c24-16-7-5-14(6-8-16)13-26-28-22(27-19-4-2-1-3-18(19)23(28)29)21-12-15-11-17(25)9-10-20(15)30-21/h1-13H. The highest BCUT2D eigenvalue weighted by atomic mass is 79.9. The normalized spacial score (nSPS) is 11.7. The summed E-state index contributed by atoms with van der Waals surface area (Å²) in [4.78, 5) is 17.9. The lowest BCUT2D eigenvalue weighted by Gasteiger charge is -2.07. The van der Waals surface area contributed by atoms with Crippen molar-refractivity contribution >= 4 is 59.9 Å². The van der Waals surface area contributed by atoms with Crippen molar-refractivity contribution in [2.45, 2.75) is 0 Å². The molecular formula is C23H13Br2N3O2. The van der Waals surface area contributed by atoms with Crippen LogP contribution in [0.1, 0.15) is 5.56 Å². The van der Waals surface area contributed by atoms with E-state index >= 15 is 0 Å². The third kappa shape index (κ3) is 3.51. The molecule has 0 saturated heterocycles. The Labute approximate surface area is 187 Å². The van der Waals surface area contributed by atoms with E-state index in [1.807, 2.05) is 66.7 Å². The fraction of sp³-hybridized carbons (Fsp3) is 0. The average molecular weight is 523 g/mol. The van der Waals surface area contributed by atoms with Crippen molar-refractivity contribution in [1.82, 2.24) is 9.66 Å². The zero-order valence-electron chi connectivity index (χ0n) is 15.4. The van der Waals surface area contributed by atoms with Crippen molar-refractivity contribution in [3.63, 3.8) is 0 Å². The number of fused-ring (bicyclic) bond motifs is 2. The van der Waals surface area contributed by atoms with E-state index < -0.39 is 0 Å². The van der Waals surface area contributed by atoms with Gasteiger partial charge < -0.3 is 4.42 Å². The van der Waals surface area contributed by atoms with Crippen molar-refractivity contribution in [1.29, 1.82) is 0 Å². The van der Waals surface area contributed by atoms with Gasteiger partial charge in [0.25, 0.3) is 5.56 Å². The van der Waals surface area contributed by atoms with Crippen LogP contribution < -0.4 is 5.56 Å². The van der Waals surface area contributed by atoms with Crippen LogP contribution in [0.5, 0.6) is 0 Å². The second kappa shape index (κ2) is 7.66. The second-order valence-corrected chi connectivity index (χ2v) is 8.49. The Balaban J connectivity index is 1.73. The number of hydrogen-bond donors (Lipinski definition) is 0. The maximum Gasteiger partial charge on any atom is 0.282 e. The maximum atomic E-state index is 13.2.